The highest BCUT2D eigenvalue weighted by Gasteiger charge is 2.22. The van der Waals surface area contributed by atoms with Gasteiger partial charge in [-0.3, -0.25) is 4.98 Å². The minimum atomic E-state index is -0.439. The predicted octanol–water partition coefficient (Wildman–Crippen LogP) is 6.00. The fourth-order valence-electron chi connectivity index (χ4n) is 2.99. The highest BCUT2D eigenvalue weighted by Crippen LogP contribution is 2.37. The van der Waals surface area contributed by atoms with Gasteiger partial charge in [-0.15, -0.1) is 0 Å². The summed E-state index contributed by atoms with van der Waals surface area (Å²) in [5, 5.41) is 25.5. The second-order valence-corrected chi connectivity index (χ2v) is 6.18. The number of nitrogens with zero attached hydrogens (tertiary/aromatic N) is 1. The van der Waals surface area contributed by atoms with Crippen LogP contribution in [0.25, 0.3) is 10.9 Å². The van der Waals surface area contributed by atoms with Crippen molar-refractivity contribution in [2.24, 2.45) is 0 Å². The molecule has 1 heterocycles. The molecule has 0 fully saturated rings. The average molecular weight is 389 g/mol. The Kier molecular flexibility index (Phi) is 8.04. The normalized spacial score (nSPS) is 12.3. The van der Waals surface area contributed by atoms with Crippen molar-refractivity contribution in [3.63, 3.8) is 0 Å². The molecule has 0 aliphatic heterocycles. The number of phenols is 2. The predicted molar refractivity (Wildman–Crippen MR) is 121 cm³/mol. The Balaban J connectivity index is 0.00000145. The number of fused-ring (bicyclic) bond motifs is 1. The summed E-state index contributed by atoms with van der Waals surface area (Å²) >= 11 is 0. The minimum Gasteiger partial charge on any atom is -0.508 e. The molecule has 0 spiro atoms. The summed E-state index contributed by atoms with van der Waals surface area (Å²) in [6.45, 7) is 9.58. The van der Waals surface area contributed by atoms with Crippen molar-refractivity contribution in [3.05, 3.63) is 102 Å². The molecule has 3 rings (SSSR count). The third kappa shape index (κ3) is 5.26. The fraction of sp³-hybridized carbons (Fsp3) is 0.160. The van der Waals surface area contributed by atoms with E-state index in [0.29, 0.717) is 16.6 Å². The Bertz CT molecular complexity index is 1020. The van der Waals surface area contributed by atoms with Crippen LogP contribution in [0.3, 0.4) is 0 Å². The van der Waals surface area contributed by atoms with Crippen LogP contribution in [0.15, 0.2) is 91.3 Å². The summed E-state index contributed by atoms with van der Waals surface area (Å²) in [5.74, 6) is 0.258. The van der Waals surface area contributed by atoms with E-state index in [1.165, 1.54) is 0 Å². The molecule has 4 heteroatoms. The maximum Gasteiger partial charge on any atom is 0.147 e. The van der Waals surface area contributed by atoms with E-state index in [9.17, 15) is 10.2 Å². The molecule has 4 nitrogen and oxygen atoms in total. The largest absolute Gasteiger partial charge is 0.508 e. The maximum atomic E-state index is 10.9. The lowest BCUT2D eigenvalue weighted by Crippen LogP contribution is -2.21. The number of hydrogen-bond acceptors (Lipinski definition) is 4. The molecule has 29 heavy (non-hydrogen) atoms. The van der Waals surface area contributed by atoms with E-state index in [0.717, 1.165) is 11.1 Å². The van der Waals surface area contributed by atoms with Gasteiger partial charge in [0.2, 0.25) is 0 Å². The Morgan fingerprint density at radius 3 is 2.48 bits per heavy atom. The van der Waals surface area contributed by atoms with Crippen molar-refractivity contribution in [2.45, 2.75) is 26.8 Å². The van der Waals surface area contributed by atoms with Gasteiger partial charge in [-0.05, 0) is 25.1 Å². The zero-order chi connectivity index (χ0) is 21.2. The van der Waals surface area contributed by atoms with Gasteiger partial charge in [0.25, 0.3) is 0 Å². The number of benzene rings is 2. The fourth-order valence-corrected chi connectivity index (χ4v) is 2.99. The third-order valence-electron chi connectivity index (χ3n) is 4.30. The number of phenolic OH excluding ortho intramolecular Hbond substituents is 2. The number of rotatable bonds is 6. The van der Waals surface area contributed by atoms with E-state index in [1.54, 1.807) is 24.4 Å². The molecule has 1 unspecified atom stereocenters. The quantitative estimate of drug-likeness (QED) is 0.453. The molecule has 3 N–H and O–H groups in total. The van der Waals surface area contributed by atoms with Gasteiger partial charge in [-0.2, -0.15) is 0 Å². The monoisotopic (exact) mass is 388 g/mol. The van der Waals surface area contributed by atoms with Crippen LogP contribution in [0.5, 0.6) is 11.5 Å². The number of hydrogen-bond donors (Lipinski definition) is 3. The van der Waals surface area contributed by atoms with Gasteiger partial charge >= 0.3 is 0 Å². The van der Waals surface area contributed by atoms with Gasteiger partial charge in [0, 0.05) is 28.4 Å². The summed E-state index contributed by atoms with van der Waals surface area (Å²) in [5.41, 5.74) is 2.72. The van der Waals surface area contributed by atoms with E-state index < -0.39 is 6.04 Å². The molecule has 0 radical (unpaired) electrons. The molecule has 0 aliphatic rings. The zero-order valence-electron chi connectivity index (χ0n) is 17.1. The van der Waals surface area contributed by atoms with E-state index in [2.05, 4.69) is 16.9 Å². The molecular formula is C25H28N2O2. The van der Waals surface area contributed by atoms with Crippen LogP contribution >= 0.6 is 0 Å². The van der Waals surface area contributed by atoms with Gasteiger partial charge in [-0.1, -0.05) is 75.1 Å². The summed E-state index contributed by atoms with van der Waals surface area (Å²) in [6.07, 6.45) is 8.96. The van der Waals surface area contributed by atoms with Crippen molar-refractivity contribution in [1.29, 1.82) is 0 Å². The highest BCUT2D eigenvalue weighted by atomic mass is 16.3. The lowest BCUT2D eigenvalue weighted by Gasteiger charge is -2.23. The van der Waals surface area contributed by atoms with Crippen molar-refractivity contribution in [2.75, 3.05) is 0 Å². The van der Waals surface area contributed by atoms with Crippen LogP contribution in [0.1, 0.15) is 37.9 Å². The van der Waals surface area contributed by atoms with Gasteiger partial charge in [0.1, 0.15) is 17.0 Å². The second-order valence-electron chi connectivity index (χ2n) is 6.18. The molecular weight excluding hydrogens is 360 g/mol. The van der Waals surface area contributed by atoms with Crippen molar-refractivity contribution < 1.29 is 10.2 Å². The molecule has 150 valence electrons. The van der Waals surface area contributed by atoms with E-state index >= 15 is 0 Å². The average Bonchev–Trinajstić information content (AvgIpc) is 2.75. The number of aromatic nitrogens is 1. The van der Waals surface area contributed by atoms with Crippen LogP contribution < -0.4 is 5.32 Å². The summed E-state index contributed by atoms with van der Waals surface area (Å²) < 4.78 is 0. The Labute approximate surface area is 172 Å². The van der Waals surface area contributed by atoms with Gasteiger partial charge in [0.05, 0.1) is 6.04 Å². The molecule has 2 aromatic carbocycles. The third-order valence-corrected chi connectivity index (χ3v) is 4.30. The minimum absolute atomic E-state index is 0.100. The lowest BCUT2D eigenvalue weighted by molar-refractivity contribution is 0.450. The first kappa shape index (κ1) is 21.8. The maximum absolute atomic E-state index is 10.9. The van der Waals surface area contributed by atoms with Gasteiger partial charge in [0.15, 0.2) is 0 Å². The zero-order valence-corrected chi connectivity index (χ0v) is 17.1. The summed E-state index contributed by atoms with van der Waals surface area (Å²) in [7, 11) is 0. The molecule has 0 saturated carbocycles. The lowest BCUT2D eigenvalue weighted by atomic mass is 9.95. The molecule has 0 saturated heterocycles. The molecule has 1 aromatic heterocycles. The number of pyridine rings is 1. The standard InChI is InChI=1S/C23H22N2O2.C2H6/c1-3-4-5-9-16(2)25-22(18-11-6-7-12-20(18)26)19-14-13-17-10-8-15-24-21(17)23(19)27;1-2/h3-15,22,25-27H,1H2,2H3;1-2H3/b5-4-,16-9+;. The first-order valence-electron chi connectivity index (χ1n) is 9.69. The Hall–Kier alpha value is -3.53. The van der Waals surface area contributed by atoms with Gasteiger partial charge < -0.3 is 15.5 Å². The van der Waals surface area contributed by atoms with Crippen LogP contribution in [-0.2, 0) is 0 Å². The molecule has 1 atom stereocenters. The van der Waals surface area contributed by atoms with Crippen molar-refractivity contribution in [3.8, 4) is 11.5 Å². The van der Waals surface area contributed by atoms with Crippen LogP contribution in [0.2, 0.25) is 0 Å². The smallest absolute Gasteiger partial charge is 0.147 e. The van der Waals surface area contributed by atoms with E-state index in [-0.39, 0.29) is 11.5 Å². The van der Waals surface area contributed by atoms with Crippen LogP contribution in [0, 0.1) is 0 Å². The molecule has 0 amide bonds. The number of nitrogens with one attached hydrogen (secondary N) is 1. The van der Waals surface area contributed by atoms with E-state index in [1.807, 2.05) is 75.4 Å². The topological polar surface area (TPSA) is 65.4 Å². The molecule has 0 aliphatic carbocycles. The van der Waals surface area contributed by atoms with Crippen LogP contribution in [0.4, 0.5) is 0 Å². The first-order valence-corrected chi connectivity index (χ1v) is 9.69. The Morgan fingerprint density at radius 2 is 1.76 bits per heavy atom. The van der Waals surface area contributed by atoms with Crippen molar-refractivity contribution in [1.82, 2.24) is 10.3 Å². The Morgan fingerprint density at radius 1 is 1.00 bits per heavy atom. The highest BCUT2D eigenvalue weighted by molar-refractivity contribution is 5.85. The number of para-hydroxylation sites is 1. The summed E-state index contributed by atoms with van der Waals surface area (Å²) in [4.78, 5) is 4.30. The van der Waals surface area contributed by atoms with E-state index in [4.69, 9.17) is 0 Å². The van der Waals surface area contributed by atoms with Gasteiger partial charge in [-0.25, -0.2) is 0 Å². The van der Waals surface area contributed by atoms with Crippen LogP contribution in [-0.4, -0.2) is 15.2 Å². The summed E-state index contributed by atoms with van der Waals surface area (Å²) in [6, 6.07) is 14.2. The molecule has 0 bridgehead atoms. The SMILES string of the molecule is C=C/C=C\C=C(/C)NC(c1ccccc1O)c1ccc2cccnc2c1O.CC. The first-order chi connectivity index (χ1) is 14.1. The number of allylic oxidation sites excluding steroid dienone is 5. The number of aromatic hydroxyl groups is 2. The van der Waals surface area contributed by atoms with Crippen molar-refractivity contribution >= 4 is 10.9 Å². The second kappa shape index (κ2) is 10.7. The molecule has 3 aromatic rings.